The van der Waals surface area contributed by atoms with Crippen LogP contribution in [0.25, 0.3) is 5.69 Å². The van der Waals surface area contributed by atoms with Crippen LogP contribution in [0.1, 0.15) is 61.6 Å². The highest BCUT2D eigenvalue weighted by Gasteiger charge is 2.31. The number of ether oxygens (including phenoxy) is 2. The largest absolute Gasteiger partial charge is 0.497 e. The first-order valence-electron chi connectivity index (χ1n) is 12.1. The lowest BCUT2D eigenvalue weighted by Gasteiger charge is -2.20. The van der Waals surface area contributed by atoms with Gasteiger partial charge < -0.3 is 20.9 Å². The molecule has 1 aliphatic rings. The first-order chi connectivity index (χ1) is 18.1. The number of esters is 1. The Balaban J connectivity index is 1.81. The van der Waals surface area contributed by atoms with Crippen molar-refractivity contribution in [3.05, 3.63) is 70.8 Å². The molecule has 2 aromatic carbocycles. The summed E-state index contributed by atoms with van der Waals surface area (Å²) in [6.07, 6.45) is 0.0123. The summed E-state index contributed by atoms with van der Waals surface area (Å²) in [6.45, 7) is 7.60. The number of benzene rings is 2. The van der Waals surface area contributed by atoms with Gasteiger partial charge in [-0.3, -0.25) is 14.4 Å². The van der Waals surface area contributed by atoms with Gasteiger partial charge in [0.1, 0.15) is 29.8 Å². The minimum atomic E-state index is -0.619. The monoisotopic (exact) mass is 513 g/mol. The van der Waals surface area contributed by atoms with Gasteiger partial charge in [-0.25, -0.2) is 4.99 Å². The van der Waals surface area contributed by atoms with Gasteiger partial charge in [-0.05, 0) is 58.0 Å². The number of methoxy groups -OCH3 is 1. The van der Waals surface area contributed by atoms with Gasteiger partial charge in [0, 0.05) is 16.7 Å². The molecule has 2 heterocycles. The van der Waals surface area contributed by atoms with E-state index in [1.165, 1.54) is 0 Å². The van der Waals surface area contributed by atoms with Crippen molar-refractivity contribution >= 4 is 17.6 Å². The lowest BCUT2D eigenvalue weighted by Crippen LogP contribution is -2.25. The van der Waals surface area contributed by atoms with Crippen LogP contribution in [0.2, 0.25) is 0 Å². The minimum absolute atomic E-state index is 0.00134. The Morgan fingerprint density at radius 2 is 1.87 bits per heavy atom. The smallest absolute Gasteiger partial charge is 0.308 e. The zero-order chi connectivity index (χ0) is 27.4. The van der Waals surface area contributed by atoms with Gasteiger partial charge in [-0.2, -0.15) is 0 Å². The molecular formula is C28H31N7O3. The van der Waals surface area contributed by atoms with E-state index in [4.69, 9.17) is 25.9 Å². The first-order valence-corrected chi connectivity index (χ1v) is 12.1. The second-order valence-electron chi connectivity index (χ2n) is 9.73. The molecule has 1 atom stereocenters. The van der Waals surface area contributed by atoms with Gasteiger partial charge in [0.15, 0.2) is 11.8 Å². The van der Waals surface area contributed by atoms with Gasteiger partial charge in [0.25, 0.3) is 0 Å². The summed E-state index contributed by atoms with van der Waals surface area (Å²) >= 11 is 0. The highest BCUT2D eigenvalue weighted by atomic mass is 16.6. The third-order valence-corrected chi connectivity index (χ3v) is 5.64. The van der Waals surface area contributed by atoms with E-state index < -0.39 is 11.6 Å². The molecule has 1 aliphatic heterocycles. The van der Waals surface area contributed by atoms with Crippen molar-refractivity contribution in [3.8, 4) is 23.3 Å². The van der Waals surface area contributed by atoms with Crippen LogP contribution in [0.4, 0.5) is 0 Å². The van der Waals surface area contributed by atoms with Gasteiger partial charge in [0.2, 0.25) is 0 Å². The van der Waals surface area contributed by atoms with E-state index in [9.17, 15) is 4.79 Å². The predicted molar refractivity (Wildman–Crippen MR) is 145 cm³/mol. The molecule has 0 fully saturated rings. The first kappa shape index (κ1) is 26.4. The van der Waals surface area contributed by atoms with Crippen LogP contribution in [0.3, 0.4) is 0 Å². The lowest BCUT2D eigenvalue weighted by molar-refractivity contribution is -0.155. The van der Waals surface area contributed by atoms with Crippen molar-refractivity contribution in [2.24, 2.45) is 21.5 Å². The molecule has 0 saturated heterocycles. The molecular weight excluding hydrogens is 482 g/mol. The second kappa shape index (κ2) is 10.8. The number of nitrogens with zero attached hydrogens (tertiary/aromatic N) is 5. The normalized spacial score (nSPS) is 14.1. The molecule has 0 radical (unpaired) electrons. The maximum absolute atomic E-state index is 12.9. The van der Waals surface area contributed by atoms with Gasteiger partial charge in [0.05, 0.1) is 24.9 Å². The van der Waals surface area contributed by atoms with Crippen molar-refractivity contribution in [2.75, 3.05) is 13.7 Å². The maximum Gasteiger partial charge on any atom is 0.308 e. The van der Waals surface area contributed by atoms with E-state index in [0.29, 0.717) is 23.1 Å². The summed E-state index contributed by atoms with van der Waals surface area (Å²) < 4.78 is 13.1. The number of aryl methyl sites for hydroxylation is 1. The predicted octanol–water partition coefficient (Wildman–Crippen LogP) is 2.83. The number of aromatic nitrogens is 3. The topological polar surface area (TPSA) is 143 Å². The van der Waals surface area contributed by atoms with E-state index in [2.05, 4.69) is 27.0 Å². The number of nitrogens with two attached hydrogens (primary N) is 2. The zero-order valence-corrected chi connectivity index (χ0v) is 22.1. The average Bonchev–Trinajstić information content (AvgIpc) is 3.18. The standard InChI is InChI=1S/C28H31N7O3/c1-17-33-34-26-22(16-24(36)38-28(2,3)4)32-25(21-15-20(37-5)12-13-23(21)35(17)26)19-10-8-18(9-11-19)7-6-14-31-27(29)30/h8-13,15,22H,14,16H2,1-5H3,(H4,29,30,31)/t22-/m0/s1. The molecule has 38 heavy (non-hydrogen) atoms. The Kier molecular flexibility index (Phi) is 7.48. The van der Waals surface area contributed by atoms with Crippen molar-refractivity contribution in [1.82, 2.24) is 14.8 Å². The molecule has 0 unspecified atom stereocenters. The summed E-state index contributed by atoms with van der Waals surface area (Å²) in [5.41, 5.74) is 14.1. The van der Waals surface area contributed by atoms with E-state index in [1.807, 2.05) is 74.7 Å². The van der Waals surface area contributed by atoms with Gasteiger partial charge in [-0.15, -0.1) is 10.2 Å². The number of hydrogen-bond acceptors (Lipinski definition) is 7. The van der Waals surface area contributed by atoms with Crippen LogP contribution in [-0.4, -0.2) is 51.7 Å². The molecule has 10 heteroatoms. The summed E-state index contributed by atoms with van der Waals surface area (Å²) in [5, 5.41) is 8.69. The Morgan fingerprint density at radius 1 is 1.13 bits per heavy atom. The molecule has 0 amide bonds. The van der Waals surface area contributed by atoms with E-state index >= 15 is 0 Å². The minimum Gasteiger partial charge on any atom is -0.497 e. The second-order valence-corrected chi connectivity index (χ2v) is 9.73. The number of hydrogen-bond donors (Lipinski definition) is 2. The molecule has 196 valence electrons. The van der Waals surface area contributed by atoms with Crippen molar-refractivity contribution < 1.29 is 14.3 Å². The Morgan fingerprint density at radius 3 is 2.53 bits per heavy atom. The number of carbonyl (C=O) groups excluding carboxylic acids is 1. The average molecular weight is 514 g/mol. The summed E-state index contributed by atoms with van der Waals surface area (Å²) in [6, 6.07) is 12.8. The maximum atomic E-state index is 12.9. The van der Waals surface area contributed by atoms with E-state index in [1.54, 1.807) is 7.11 Å². The highest BCUT2D eigenvalue weighted by Crippen LogP contribution is 2.34. The van der Waals surface area contributed by atoms with Crippen LogP contribution in [0.5, 0.6) is 5.75 Å². The molecule has 0 spiro atoms. The van der Waals surface area contributed by atoms with Crippen LogP contribution in [0, 0.1) is 18.8 Å². The van der Waals surface area contributed by atoms with Crippen LogP contribution >= 0.6 is 0 Å². The highest BCUT2D eigenvalue weighted by molar-refractivity contribution is 6.15. The number of guanidine groups is 1. The SMILES string of the molecule is COc1ccc2c(c1)C(c1ccc(C#CCN=C(N)N)cc1)=N[C@@H](CC(=O)OC(C)(C)C)c1nnc(C)n1-2. The number of aliphatic imine (C=N–C) groups is 2. The fraction of sp³-hybridized carbons (Fsp3) is 0.321. The van der Waals surface area contributed by atoms with Gasteiger partial charge >= 0.3 is 5.97 Å². The van der Waals surface area contributed by atoms with Crippen molar-refractivity contribution in [3.63, 3.8) is 0 Å². The van der Waals surface area contributed by atoms with Crippen LogP contribution in [-0.2, 0) is 9.53 Å². The molecule has 4 N–H and O–H groups in total. The summed E-state index contributed by atoms with van der Waals surface area (Å²) in [7, 11) is 1.62. The van der Waals surface area contributed by atoms with E-state index in [0.717, 1.165) is 22.4 Å². The molecule has 0 saturated carbocycles. The number of rotatable bonds is 5. The van der Waals surface area contributed by atoms with Gasteiger partial charge in [-0.1, -0.05) is 24.0 Å². The molecule has 1 aromatic heterocycles. The lowest BCUT2D eigenvalue weighted by atomic mass is 9.99. The third-order valence-electron chi connectivity index (χ3n) is 5.64. The van der Waals surface area contributed by atoms with Crippen LogP contribution < -0.4 is 16.2 Å². The Bertz CT molecular complexity index is 1460. The molecule has 4 rings (SSSR count). The molecule has 3 aromatic rings. The quantitative estimate of drug-likeness (QED) is 0.231. The summed E-state index contributed by atoms with van der Waals surface area (Å²) in [4.78, 5) is 21.8. The fourth-order valence-corrected chi connectivity index (χ4v) is 4.09. The van der Waals surface area contributed by atoms with Crippen molar-refractivity contribution in [1.29, 1.82) is 0 Å². The fourth-order valence-electron chi connectivity index (χ4n) is 4.09. The zero-order valence-electron chi connectivity index (χ0n) is 22.1. The third kappa shape index (κ3) is 6.00. The number of carbonyl (C=O) groups is 1. The van der Waals surface area contributed by atoms with E-state index in [-0.39, 0.29) is 24.9 Å². The van der Waals surface area contributed by atoms with Crippen LogP contribution in [0.15, 0.2) is 52.4 Å². The summed E-state index contributed by atoms with van der Waals surface area (Å²) in [5.74, 6) is 7.52. The Hall–Kier alpha value is -4.65. The Labute approximate surface area is 221 Å². The van der Waals surface area contributed by atoms with Crippen molar-refractivity contribution in [2.45, 2.75) is 45.8 Å². The molecule has 10 nitrogen and oxygen atoms in total. The number of fused-ring (bicyclic) bond motifs is 3. The molecule has 0 bridgehead atoms. The molecule has 0 aliphatic carbocycles.